The monoisotopic (exact) mass is 430 g/mol. The molecule has 6 nitrogen and oxygen atoms in total. The van der Waals surface area contributed by atoms with Crippen LogP contribution in [0.15, 0.2) is 57.2 Å². The lowest BCUT2D eigenvalue weighted by molar-refractivity contribution is 0.355. The van der Waals surface area contributed by atoms with Gasteiger partial charge in [0.25, 0.3) is 0 Å². The van der Waals surface area contributed by atoms with Crippen LogP contribution >= 0.6 is 27.7 Å². The van der Waals surface area contributed by atoms with Gasteiger partial charge in [-0.15, -0.1) is 10.2 Å². The van der Waals surface area contributed by atoms with Gasteiger partial charge in [-0.25, -0.2) is 0 Å². The highest BCUT2D eigenvalue weighted by atomic mass is 79.9. The zero-order valence-electron chi connectivity index (χ0n) is 14.1. The Kier molecular flexibility index (Phi) is 4.69. The largest absolute Gasteiger partial charge is 0.493 e. The normalized spacial score (nSPS) is 13.1. The van der Waals surface area contributed by atoms with E-state index in [0.717, 1.165) is 32.2 Å². The van der Waals surface area contributed by atoms with Gasteiger partial charge in [-0.05, 0) is 35.9 Å². The first-order chi connectivity index (χ1) is 12.7. The number of hydrogen-bond donors (Lipinski definition) is 0. The van der Waals surface area contributed by atoms with Crippen LogP contribution in [0.5, 0.6) is 11.5 Å². The van der Waals surface area contributed by atoms with E-state index in [9.17, 15) is 0 Å². The Morgan fingerprint density at radius 2 is 1.69 bits per heavy atom. The second kappa shape index (κ2) is 7.13. The van der Waals surface area contributed by atoms with Crippen molar-refractivity contribution in [1.82, 2.24) is 14.9 Å². The second-order valence-electron chi connectivity index (χ2n) is 5.53. The van der Waals surface area contributed by atoms with Crippen LogP contribution in [0.4, 0.5) is 0 Å². The molecule has 1 aliphatic rings. The highest BCUT2D eigenvalue weighted by Gasteiger charge is 2.21. The molecule has 26 heavy (non-hydrogen) atoms. The highest BCUT2D eigenvalue weighted by Crippen LogP contribution is 2.34. The Hall–Kier alpha value is -2.32. The molecule has 0 radical (unpaired) electrons. The molecule has 0 saturated heterocycles. The third-order valence-corrected chi connectivity index (χ3v) is 5.45. The number of ether oxygens (including phenoxy) is 2. The van der Waals surface area contributed by atoms with Gasteiger partial charge in [-0.3, -0.25) is 0 Å². The van der Waals surface area contributed by atoms with Crippen LogP contribution in [0.25, 0.3) is 11.4 Å². The minimum atomic E-state index is 0.642. The average molecular weight is 431 g/mol. The van der Waals surface area contributed by atoms with E-state index in [0.29, 0.717) is 17.3 Å². The van der Waals surface area contributed by atoms with Gasteiger partial charge in [-0.1, -0.05) is 39.8 Å². The summed E-state index contributed by atoms with van der Waals surface area (Å²) in [5.74, 6) is 2.74. The van der Waals surface area contributed by atoms with Crippen molar-refractivity contribution in [3.63, 3.8) is 0 Å². The molecule has 2 aromatic carbocycles. The molecule has 0 spiro atoms. The maximum atomic E-state index is 5.39. The first kappa shape index (κ1) is 17.1. The van der Waals surface area contributed by atoms with E-state index in [2.05, 4.69) is 38.3 Å². The fraction of sp³-hybridized carbons (Fsp3) is 0.167. The van der Waals surface area contributed by atoms with Crippen LogP contribution in [0.1, 0.15) is 5.56 Å². The van der Waals surface area contributed by atoms with Crippen molar-refractivity contribution in [3.8, 4) is 22.9 Å². The minimum Gasteiger partial charge on any atom is -0.493 e. The molecule has 132 valence electrons. The molecule has 8 heteroatoms. The standard InChI is InChI=1S/C18H15BrN4O2S/c1-24-15-8-5-12(9-16(15)25-2)17-20-21-18-23(17)22-14(10-26-18)11-3-6-13(19)7-4-11/h3-9H,10H2,1-2H3. The van der Waals surface area contributed by atoms with E-state index in [1.807, 2.05) is 30.3 Å². The third-order valence-electron chi connectivity index (χ3n) is 3.99. The van der Waals surface area contributed by atoms with Gasteiger partial charge in [0.15, 0.2) is 17.3 Å². The van der Waals surface area contributed by atoms with Crippen LogP contribution in [-0.4, -0.2) is 40.6 Å². The van der Waals surface area contributed by atoms with Crippen LogP contribution in [0, 0.1) is 0 Å². The molecule has 2 heterocycles. The van der Waals surface area contributed by atoms with E-state index in [4.69, 9.17) is 14.6 Å². The molecule has 0 saturated carbocycles. The number of thioether (sulfide) groups is 1. The van der Waals surface area contributed by atoms with Gasteiger partial charge in [-0.2, -0.15) is 9.78 Å². The fourth-order valence-electron chi connectivity index (χ4n) is 2.67. The Balaban J connectivity index is 1.77. The number of fused-ring (bicyclic) bond motifs is 1. The number of halogens is 1. The lowest BCUT2D eigenvalue weighted by Gasteiger charge is -2.14. The Morgan fingerprint density at radius 1 is 0.962 bits per heavy atom. The number of aromatic nitrogens is 3. The zero-order chi connectivity index (χ0) is 18.1. The summed E-state index contributed by atoms with van der Waals surface area (Å²) < 4.78 is 13.5. The van der Waals surface area contributed by atoms with E-state index in [1.165, 1.54) is 0 Å². The third kappa shape index (κ3) is 3.10. The first-order valence-corrected chi connectivity index (χ1v) is 9.62. The van der Waals surface area contributed by atoms with Gasteiger partial charge in [0.05, 0.1) is 19.9 Å². The summed E-state index contributed by atoms with van der Waals surface area (Å²) in [6, 6.07) is 13.8. The van der Waals surface area contributed by atoms with Crippen LogP contribution in [0.2, 0.25) is 0 Å². The van der Waals surface area contributed by atoms with Crippen molar-refractivity contribution in [1.29, 1.82) is 0 Å². The zero-order valence-corrected chi connectivity index (χ0v) is 16.5. The number of nitrogens with zero attached hydrogens (tertiary/aromatic N) is 4. The fourth-order valence-corrected chi connectivity index (χ4v) is 3.77. The first-order valence-electron chi connectivity index (χ1n) is 7.84. The summed E-state index contributed by atoms with van der Waals surface area (Å²) in [5.41, 5.74) is 2.93. The average Bonchev–Trinajstić information content (AvgIpc) is 3.11. The molecule has 0 bridgehead atoms. The maximum absolute atomic E-state index is 5.39. The lowest BCUT2D eigenvalue weighted by Crippen LogP contribution is -2.13. The predicted molar refractivity (Wildman–Crippen MR) is 105 cm³/mol. The predicted octanol–water partition coefficient (Wildman–Crippen LogP) is 4.08. The van der Waals surface area contributed by atoms with Gasteiger partial charge in [0, 0.05) is 15.8 Å². The van der Waals surface area contributed by atoms with Gasteiger partial charge in [0.2, 0.25) is 5.16 Å². The molecule has 0 unspecified atom stereocenters. The Morgan fingerprint density at radius 3 is 2.42 bits per heavy atom. The number of rotatable bonds is 4. The molecular weight excluding hydrogens is 416 g/mol. The van der Waals surface area contributed by atoms with Crippen molar-refractivity contribution in [3.05, 3.63) is 52.5 Å². The van der Waals surface area contributed by atoms with Crippen molar-refractivity contribution in [2.75, 3.05) is 20.0 Å². The van der Waals surface area contributed by atoms with Crippen LogP contribution < -0.4 is 9.47 Å². The number of benzene rings is 2. The molecule has 0 amide bonds. The van der Waals surface area contributed by atoms with Gasteiger partial charge < -0.3 is 9.47 Å². The van der Waals surface area contributed by atoms with E-state index in [-0.39, 0.29) is 0 Å². The molecule has 3 aromatic rings. The van der Waals surface area contributed by atoms with Crippen LogP contribution in [-0.2, 0) is 0 Å². The lowest BCUT2D eigenvalue weighted by atomic mass is 10.1. The molecular formula is C18H15BrN4O2S. The molecule has 0 fully saturated rings. The maximum Gasteiger partial charge on any atom is 0.212 e. The SMILES string of the molecule is COc1ccc(-c2nnc3n2N=C(c2ccc(Br)cc2)CS3)cc1OC. The van der Waals surface area contributed by atoms with E-state index >= 15 is 0 Å². The summed E-state index contributed by atoms with van der Waals surface area (Å²) in [6.07, 6.45) is 0. The summed E-state index contributed by atoms with van der Waals surface area (Å²) in [6.45, 7) is 0. The van der Waals surface area contributed by atoms with Crippen molar-refractivity contribution in [2.24, 2.45) is 5.10 Å². The number of methoxy groups -OCH3 is 2. The van der Waals surface area contributed by atoms with Gasteiger partial charge in [0.1, 0.15) is 0 Å². The quantitative estimate of drug-likeness (QED) is 0.623. The van der Waals surface area contributed by atoms with E-state index < -0.39 is 0 Å². The molecule has 0 atom stereocenters. The molecule has 0 aliphatic carbocycles. The molecule has 4 rings (SSSR count). The topological polar surface area (TPSA) is 61.5 Å². The molecule has 1 aromatic heterocycles. The number of hydrogen-bond acceptors (Lipinski definition) is 6. The summed E-state index contributed by atoms with van der Waals surface area (Å²) in [7, 11) is 3.22. The second-order valence-corrected chi connectivity index (χ2v) is 7.39. The molecule has 0 N–H and O–H groups in total. The Labute approximate surface area is 163 Å². The summed E-state index contributed by atoms with van der Waals surface area (Å²) in [4.78, 5) is 0. The van der Waals surface area contributed by atoms with Crippen LogP contribution in [0.3, 0.4) is 0 Å². The van der Waals surface area contributed by atoms with Crippen molar-refractivity contribution >= 4 is 33.4 Å². The molecule has 1 aliphatic heterocycles. The summed E-state index contributed by atoms with van der Waals surface area (Å²) in [5, 5.41) is 14.1. The Bertz CT molecular complexity index is 985. The van der Waals surface area contributed by atoms with Crippen molar-refractivity contribution in [2.45, 2.75) is 5.16 Å². The highest BCUT2D eigenvalue weighted by molar-refractivity contribution is 9.10. The van der Waals surface area contributed by atoms with Crippen molar-refractivity contribution < 1.29 is 9.47 Å². The van der Waals surface area contributed by atoms with Gasteiger partial charge >= 0.3 is 0 Å². The van der Waals surface area contributed by atoms with E-state index in [1.54, 1.807) is 30.7 Å². The smallest absolute Gasteiger partial charge is 0.212 e. The minimum absolute atomic E-state index is 0.642. The summed E-state index contributed by atoms with van der Waals surface area (Å²) >= 11 is 5.08.